The van der Waals surface area contributed by atoms with Gasteiger partial charge in [0, 0.05) is 51.9 Å². The average molecular weight is 530 g/mol. The van der Waals surface area contributed by atoms with Crippen LogP contribution in [0, 0.1) is 5.92 Å². The van der Waals surface area contributed by atoms with Crippen molar-refractivity contribution in [2.24, 2.45) is 10.9 Å². The van der Waals surface area contributed by atoms with Crippen LogP contribution in [0.2, 0.25) is 0 Å². The van der Waals surface area contributed by atoms with E-state index in [0.29, 0.717) is 12.0 Å². The molecule has 1 aliphatic heterocycles. The number of piperidine rings is 1. The molecule has 1 saturated heterocycles. The maximum Gasteiger partial charge on any atom is 0.253 e. The highest BCUT2D eigenvalue weighted by Gasteiger charge is 2.21. The first-order valence-corrected chi connectivity index (χ1v) is 11.0. The van der Waals surface area contributed by atoms with Crippen LogP contribution in [0.25, 0.3) is 0 Å². The van der Waals surface area contributed by atoms with E-state index in [0.717, 1.165) is 49.7 Å². The zero-order valence-electron chi connectivity index (χ0n) is 19.3. The zero-order valence-corrected chi connectivity index (χ0v) is 21.6. The van der Waals surface area contributed by atoms with Crippen molar-refractivity contribution in [2.45, 2.75) is 46.1 Å². The summed E-state index contributed by atoms with van der Waals surface area (Å²) in [4.78, 5) is 21.2. The van der Waals surface area contributed by atoms with Gasteiger partial charge < -0.3 is 20.4 Å². The van der Waals surface area contributed by atoms with Crippen molar-refractivity contribution in [3.8, 4) is 0 Å². The van der Waals surface area contributed by atoms with Crippen LogP contribution in [-0.4, -0.2) is 74.5 Å². The lowest BCUT2D eigenvalue weighted by atomic mass is 9.97. The maximum absolute atomic E-state index is 12.1. The molecule has 170 valence electrons. The van der Waals surface area contributed by atoms with E-state index < -0.39 is 0 Å². The predicted molar refractivity (Wildman–Crippen MR) is 137 cm³/mol. The standard InChI is InChI=1S/C23H39N5O.HI/c1-6-24-23(26-16-20-10-8-14-28(17-20)18(2)3)25-13-12-19-9-7-11-21(15-19)22(29)27(4)5;/h7,9,11,15,18,20H,6,8,10,12-14,16-17H2,1-5H3,(H2,24,25,26);1H. The molecule has 1 atom stereocenters. The third kappa shape index (κ3) is 8.79. The fourth-order valence-electron chi connectivity index (χ4n) is 3.72. The molecule has 0 radical (unpaired) electrons. The van der Waals surface area contributed by atoms with Gasteiger partial charge in [-0.3, -0.25) is 9.79 Å². The molecule has 2 rings (SSSR count). The summed E-state index contributed by atoms with van der Waals surface area (Å²) in [7, 11) is 3.56. The van der Waals surface area contributed by atoms with Crippen LogP contribution in [0.4, 0.5) is 0 Å². The van der Waals surface area contributed by atoms with Gasteiger partial charge in [-0.25, -0.2) is 0 Å². The molecule has 0 aliphatic carbocycles. The van der Waals surface area contributed by atoms with Crippen molar-refractivity contribution >= 4 is 35.8 Å². The number of guanidine groups is 1. The second-order valence-corrected chi connectivity index (χ2v) is 8.39. The van der Waals surface area contributed by atoms with Gasteiger partial charge in [-0.05, 0) is 70.2 Å². The summed E-state index contributed by atoms with van der Waals surface area (Å²) in [5.74, 6) is 1.56. The molecule has 6 nitrogen and oxygen atoms in total. The molecule has 7 heteroatoms. The van der Waals surface area contributed by atoms with E-state index in [9.17, 15) is 4.79 Å². The van der Waals surface area contributed by atoms with Crippen LogP contribution in [0.1, 0.15) is 49.5 Å². The Bertz CT molecular complexity index is 677. The third-order valence-corrected chi connectivity index (χ3v) is 5.42. The average Bonchev–Trinajstić information content (AvgIpc) is 2.71. The summed E-state index contributed by atoms with van der Waals surface area (Å²) in [6, 6.07) is 8.49. The largest absolute Gasteiger partial charge is 0.357 e. The molecule has 1 aromatic rings. The zero-order chi connectivity index (χ0) is 21.2. The van der Waals surface area contributed by atoms with Gasteiger partial charge in [0.1, 0.15) is 0 Å². The minimum atomic E-state index is 0. The summed E-state index contributed by atoms with van der Waals surface area (Å²) in [5, 5.41) is 6.80. The molecule has 1 aliphatic rings. The lowest BCUT2D eigenvalue weighted by molar-refractivity contribution is 0.0827. The highest BCUT2D eigenvalue weighted by atomic mass is 127. The summed E-state index contributed by atoms with van der Waals surface area (Å²) in [6.45, 7) is 11.5. The molecule has 1 fully saturated rings. The first-order valence-electron chi connectivity index (χ1n) is 11.0. The van der Waals surface area contributed by atoms with Crippen molar-refractivity contribution in [1.82, 2.24) is 20.4 Å². The molecule has 0 saturated carbocycles. The van der Waals surface area contributed by atoms with Crippen molar-refractivity contribution in [3.05, 3.63) is 35.4 Å². The number of hydrogen-bond donors (Lipinski definition) is 2. The van der Waals surface area contributed by atoms with E-state index in [1.54, 1.807) is 19.0 Å². The van der Waals surface area contributed by atoms with E-state index in [1.165, 1.54) is 19.4 Å². The number of hydrogen-bond acceptors (Lipinski definition) is 3. The quantitative estimate of drug-likeness (QED) is 0.309. The maximum atomic E-state index is 12.1. The second-order valence-electron chi connectivity index (χ2n) is 8.39. The summed E-state index contributed by atoms with van der Waals surface area (Å²) >= 11 is 0. The molecular weight excluding hydrogens is 489 g/mol. The van der Waals surface area contributed by atoms with Crippen molar-refractivity contribution in [1.29, 1.82) is 0 Å². The molecule has 1 aromatic carbocycles. The number of halogens is 1. The summed E-state index contributed by atoms with van der Waals surface area (Å²) < 4.78 is 0. The molecule has 0 spiro atoms. The minimum Gasteiger partial charge on any atom is -0.357 e. The molecule has 30 heavy (non-hydrogen) atoms. The third-order valence-electron chi connectivity index (χ3n) is 5.42. The Kier molecular flexibility index (Phi) is 12.3. The van der Waals surface area contributed by atoms with Crippen LogP contribution in [0.3, 0.4) is 0 Å². The van der Waals surface area contributed by atoms with Gasteiger partial charge in [-0.2, -0.15) is 0 Å². The summed E-state index contributed by atoms with van der Waals surface area (Å²) in [6.07, 6.45) is 3.38. The topological polar surface area (TPSA) is 60.0 Å². The number of likely N-dealkylation sites (tertiary alicyclic amines) is 1. The SMILES string of the molecule is CCNC(=NCC1CCCN(C(C)C)C1)NCCc1cccc(C(=O)N(C)C)c1.I. The van der Waals surface area contributed by atoms with Crippen molar-refractivity contribution < 1.29 is 4.79 Å². The molecule has 2 N–H and O–H groups in total. The number of benzene rings is 1. The Balaban J connectivity index is 0.00000450. The lowest BCUT2D eigenvalue weighted by Crippen LogP contribution is -2.42. The fraction of sp³-hybridized carbons (Fsp3) is 0.652. The Morgan fingerprint density at radius 3 is 2.73 bits per heavy atom. The number of nitrogens with zero attached hydrogens (tertiary/aromatic N) is 3. The Morgan fingerprint density at radius 1 is 1.30 bits per heavy atom. The summed E-state index contributed by atoms with van der Waals surface area (Å²) in [5.41, 5.74) is 1.89. The van der Waals surface area contributed by atoms with Gasteiger partial charge in [-0.1, -0.05) is 12.1 Å². The smallest absolute Gasteiger partial charge is 0.253 e. The Hall–Kier alpha value is -1.35. The van der Waals surface area contributed by atoms with E-state index in [1.807, 2.05) is 18.2 Å². The van der Waals surface area contributed by atoms with Crippen LogP contribution >= 0.6 is 24.0 Å². The van der Waals surface area contributed by atoms with Gasteiger partial charge in [0.05, 0.1) is 0 Å². The predicted octanol–water partition coefficient (Wildman–Crippen LogP) is 3.22. The van der Waals surface area contributed by atoms with E-state index >= 15 is 0 Å². The number of carbonyl (C=O) groups is 1. The van der Waals surface area contributed by atoms with Crippen molar-refractivity contribution in [3.63, 3.8) is 0 Å². The van der Waals surface area contributed by atoms with Crippen molar-refractivity contribution in [2.75, 3.05) is 46.8 Å². The number of carbonyl (C=O) groups excluding carboxylic acids is 1. The van der Waals surface area contributed by atoms with Gasteiger partial charge >= 0.3 is 0 Å². The van der Waals surface area contributed by atoms with E-state index in [2.05, 4.69) is 42.4 Å². The number of nitrogens with one attached hydrogen (secondary N) is 2. The number of aliphatic imine (C=N–C) groups is 1. The molecule has 0 aromatic heterocycles. The molecule has 0 bridgehead atoms. The van der Waals surface area contributed by atoms with Crippen LogP contribution in [-0.2, 0) is 6.42 Å². The van der Waals surface area contributed by atoms with Gasteiger partial charge in [-0.15, -0.1) is 24.0 Å². The van der Waals surface area contributed by atoms with Gasteiger partial charge in [0.25, 0.3) is 5.91 Å². The Morgan fingerprint density at radius 2 is 2.07 bits per heavy atom. The first-order chi connectivity index (χ1) is 13.9. The van der Waals surface area contributed by atoms with Crippen LogP contribution in [0.5, 0.6) is 0 Å². The monoisotopic (exact) mass is 529 g/mol. The fourth-order valence-corrected chi connectivity index (χ4v) is 3.72. The normalized spacial score (nSPS) is 17.4. The lowest BCUT2D eigenvalue weighted by Gasteiger charge is -2.34. The van der Waals surface area contributed by atoms with Crippen LogP contribution < -0.4 is 10.6 Å². The van der Waals surface area contributed by atoms with Gasteiger partial charge in [0.2, 0.25) is 0 Å². The number of amides is 1. The van der Waals surface area contributed by atoms with Crippen LogP contribution in [0.15, 0.2) is 29.3 Å². The highest BCUT2D eigenvalue weighted by Crippen LogP contribution is 2.18. The first kappa shape index (κ1) is 26.7. The minimum absolute atomic E-state index is 0. The Labute approximate surface area is 199 Å². The van der Waals surface area contributed by atoms with Gasteiger partial charge in [0.15, 0.2) is 5.96 Å². The molecule has 1 unspecified atom stereocenters. The second kappa shape index (κ2) is 13.9. The number of rotatable bonds is 8. The molecule has 1 amide bonds. The highest BCUT2D eigenvalue weighted by molar-refractivity contribution is 14.0. The molecule has 1 heterocycles. The van der Waals surface area contributed by atoms with E-state index in [-0.39, 0.29) is 29.9 Å². The molecular formula is C23H40IN5O. The van der Waals surface area contributed by atoms with E-state index in [4.69, 9.17) is 4.99 Å².